The van der Waals surface area contributed by atoms with Crippen molar-refractivity contribution in [1.29, 1.82) is 0 Å². The van der Waals surface area contributed by atoms with E-state index in [4.69, 9.17) is 5.84 Å². The molecule has 4 heteroatoms. The molecule has 0 aliphatic heterocycles. The lowest BCUT2D eigenvalue weighted by molar-refractivity contribution is 0.487. The standard InChI is InChI=1S/C17H17N3S/c18-20-17(12-8-16-15(19-10-12)6-7-21-16)14-9-13(14)11-4-2-1-3-5-11/h1-8,10,13-14,17,20H,9,18H2. The number of nitrogens with zero attached hydrogens (tertiary/aromatic N) is 1. The zero-order chi connectivity index (χ0) is 14.2. The van der Waals surface area contributed by atoms with Gasteiger partial charge >= 0.3 is 0 Å². The van der Waals surface area contributed by atoms with E-state index in [2.05, 4.69) is 58.3 Å². The Kier molecular flexibility index (Phi) is 3.22. The van der Waals surface area contributed by atoms with Gasteiger partial charge in [0, 0.05) is 6.20 Å². The van der Waals surface area contributed by atoms with Gasteiger partial charge in [0.2, 0.25) is 0 Å². The molecule has 3 unspecified atom stereocenters. The lowest BCUT2D eigenvalue weighted by Crippen LogP contribution is -2.30. The van der Waals surface area contributed by atoms with Gasteiger partial charge < -0.3 is 0 Å². The van der Waals surface area contributed by atoms with Crippen LogP contribution in [-0.2, 0) is 0 Å². The highest BCUT2D eigenvalue weighted by Gasteiger charge is 2.44. The van der Waals surface area contributed by atoms with Crippen molar-refractivity contribution >= 4 is 21.6 Å². The van der Waals surface area contributed by atoms with E-state index in [0.29, 0.717) is 11.8 Å². The van der Waals surface area contributed by atoms with Crippen molar-refractivity contribution in [2.45, 2.75) is 18.4 Å². The Morgan fingerprint density at radius 3 is 2.90 bits per heavy atom. The van der Waals surface area contributed by atoms with Gasteiger partial charge in [-0.05, 0) is 46.9 Å². The number of fused-ring (bicyclic) bond motifs is 1. The quantitative estimate of drug-likeness (QED) is 0.571. The molecule has 1 aromatic carbocycles. The Labute approximate surface area is 127 Å². The minimum atomic E-state index is 0.175. The maximum Gasteiger partial charge on any atom is 0.0809 e. The SMILES string of the molecule is NNC(c1cnc2ccsc2c1)C1CC1c1ccccc1. The first-order chi connectivity index (χ1) is 10.4. The zero-order valence-electron chi connectivity index (χ0n) is 11.6. The Hall–Kier alpha value is -1.75. The van der Waals surface area contributed by atoms with Crippen LogP contribution in [0.25, 0.3) is 10.2 Å². The molecule has 0 saturated heterocycles. The number of nitrogens with one attached hydrogen (secondary N) is 1. The van der Waals surface area contributed by atoms with Crippen LogP contribution in [0.2, 0.25) is 0 Å². The molecule has 3 aromatic rings. The summed E-state index contributed by atoms with van der Waals surface area (Å²) in [4.78, 5) is 4.53. The molecule has 1 aliphatic rings. The maximum atomic E-state index is 5.83. The number of pyridine rings is 1. The topological polar surface area (TPSA) is 50.9 Å². The summed E-state index contributed by atoms with van der Waals surface area (Å²) in [5.74, 6) is 6.99. The van der Waals surface area contributed by atoms with E-state index in [0.717, 1.165) is 5.52 Å². The van der Waals surface area contributed by atoms with E-state index < -0.39 is 0 Å². The molecule has 4 rings (SSSR count). The molecular formula is C17H17N3S. The molecule has 2 heterocycles. The Morgan fingerprint density at radius 2 is 2.10 bits per heavy atom. The molecule has 0 amide bonds. The Balaban J connectivity index is 1.61. The Morgan fingerprint density at radius 1 is 1.24 bits per heavy atom. The number of nitrogens with two attached hydrogens (primary N) is 1. The van der Waals surface area contributed by atoms with Crippen LogP contribution in [0.3, 0.4) is 0 Å². The van der Waals surface area contributed by atoms with Crippen LogP contribution in [0, 0.1) is 5.92 Å². The average molecular weight is 295 g/mol. The van der Waals surface area contributed by atoms with Crippen LogP contribution in [0.1, 0.15) is 29.5 Å². The fourth-order valence-electron chi connectivity index (χ4n) is 3.17. The third-order valence-corrected chi connectivity index (χ3v) is 5.21. The van der Waals surface area contributed by atoms with Gasteiger partial charge in [0.05, 0.1) is 16.3 Å². The van der Waals surface area contributed by atoms with Crippen LogP contribution in [0.5, 0.6) is 0 Å². The maximum absolute atomic E-state index is 5.83. The van der Waals surface area contributed by atoms with Gasteiger partial charge in [0.1, 0.15) is 0 Å². The summed E-state index contributed by atoms with van der Waals surface area (Å²) in [5, 5.41) is 2.08. The lowest BCUT2D eigenvalue weighted by atomic mass is 10.0. The van der Waals surface area contributed by atoms with Gasteiger partial charge in [0.15, 0.2) is 0 Å². The molecule has 1 aliphatic carbocycles. The molecular weight excluding hydrogens is 278 g/mol. The van der Waals surface area contributed by atoms with Gasteiger partial charge in [-0.25, -0.2) is 0 Å². The Bertz CT molecular complexity index is 753. The van der Waals surface area contributed by atoms with Crippen molar-refractivity contribution in [3.63, 3.8) is 0 Å². The molecule has 0 spiro atoms. The smallest absolute Gasteiger partial charge is 0.0809 e. The third kappa shape index (κ3) is 2.35. The minimum absolute atomic E-state index is 0.175. The van der Waals surface area contributed by atoms with E-state index in [1.165, 1.54) is 22.2 Å². The number of aromatic nitrogens is 1. The summed E-state index contributed by atoms with van der Waals surface area (Å²) in [6.45, 7) is 0. The number of thiophene rings is 1. The highest BCUT2D eigenvalue weighted by atomic mass is 32.1. The van der Waals surface area contributed by atoms with Crippen molar-refractivity contribution < 1.29 is 0 Å². The molecule has 0 radical (unpaired) electrons. The summed E-state index contributed by atoms with van der Waals surface area (Å²) in [5.41, 5.74) is 6.67. The van der Waals surface area contributed by atoms with Crippen molar-refractivity contribution in [3.8, 4) is 0 Å². The van der Waals surface area contributed by atoms with Gasteiger partial charge in [-0.1, -0.05) is 30.3 Å². The van der Waals surface area contributed by atoms with Crippen molar-refractivity contribution in [2.24, 2.45) is 11.8 Å². The van der Waals surface area contributed by atoms with Crippen LogP contribution >= 0.6 is 11.3 Å². The largest absolute Gasteiger partial charge is 0.271 e. The van der Waals surface area contributed by atoms with Crippen LogP contribution in [0.4, 0.5) is 0 Å². The fraction of sp³-hybridized carbons (Fsp3) is 0.235. The molecule has 3 nitrogen and oxygen atoms in total. The van der Waals surface area contributed by atoms with Gasteiger partial charge in [-0.3, -0.25) is 16.3 Å². The molecule has 3 N–H and O–H groups in total. The zero-order valence-corrected chi connectivity index (χ0v) is 12.4. The van der Waals surface area contributed by atoms with E-state index in [1.54, 1.807) is 11.3 Å². The first-order valence-corrected chi connectivity index (χ1v) is 8.09. The van der Waals surface area contributed by atoms with Gasteiger partial charge in [-0.15, -0.1) is 11.3 Å². The van der Waals surface area contributed by atoms with Gasteiger partial charge in [0.25, 0.3) is 0 Å². The predicted octanol–water partition coefficient (Wildman–Crippen LogP) is 3.60. The highest BCUT2D eigenvalue weighted by molar-refractivity contribution is 7.17. The van der Waals surface area contributed by atoms with E-state index in [-0.39, 0.29) is 6.04 Å². The first kappa shape index (κ1) is 13.0. The number of hydrogen-bond donors (Lipinski definition) is 2. The monoisotopic (exact) mass is 295 g/mol. The molecule has 106 valence electrons. The number of rotatable bonds is 4. The second-order valence-electron chi connectivity index (χ2n) is 5.63. The minimum Gasteiger partial charge on any atom is -0.271 e. The summed E-state index contributed by atoms with van der Waals surface area (Å²) >= 11 is 1.73. The average Bonchev–Trinajstić information content (AvgIpc) is 3.17. The summed E-state index contributed by atoms with van der Waals surface area (Å²) in [6, 6.07) is 15.1. The second-order valence-corrected chi connectivity index (χ2v) is 6.58. The molecule has 0 bridgehead atoms. The van der Waals surface area contributed by atoms with E-state index in [9.17, 15) is 0 Å². The second kappa shape index (κ2) is 5.22. The number of hydrazine groups is 1. The summed E-state index contributed by atoms with van der Waals surface area (Å²) < 4.78 is 1.23. The first-order valence-electron chi connectivity index (χ1n) is 7.21. The van der Waals surface area contributed by atoms with Crippen LogP contribution in [-0.4, -0.2) is 4.98 Å². The lowest BCUT2D eigenvalue weighted by Gasteiger charge is -2.16. The molecule has 1 fully saturated rings. The van der Waals surface area contributed by atoms with Crippen LogP contribution in [0.15, 0.2) is 54.0 Å². The van der Waals surface area contributed by atoms with E-state index in [1.807, 2.05) is 6.20 Å². The molecule has 1 saturated carbocycles. The fourth-order valence-corrected chi connectivity index (χ4v) is 3.95. The van der Waals surface area contributed by atoms with Crippen LogP contribution < -0.4 is 11.3 Å². The van der Waals surface area contributed by atoms with Crippen molar-refractivity contribution in [2.75, 3.05) is 0 Å². The molecule has 2 aromatic heterocycles. The number of hydrogen-bond acceptors (Lipinski definition) is 4. The summed E-state index contributed by atoms with van der Waals surface area (Å²) in [6.07, 6.45) is 3.14. The number of benzene rings is 1. The van der Waals surface area contributed by atoms with Gasteiger partial charge in [-0.2, -0.15) is 0 Å². The highest BCUT2D eigenvalue weighted by Crippen LogP contribution is 2.53. The molecule has 21 heavy (non-hydrogen) atoms. The predicted molar refractivity (Wildman–Crippen MR) is 87.0 cm³/mol. The summed E-state index contributed by atoms with van der Waals surface area (Å²) in [7, 11) is 0. The third-order valence-electron chi connectivity index (χ3n) is 4.36. The normalized spacial score (nSPS) is 22.3. The molecule has 3 atom stereocenters. The van der Waals surface area contributed by atoms with Crippen molar-refractivity contribution in [1.82, 2.24) is 10.4 Å². The van der Waals surface area contributed by atoms with Crippen molar-refractivity contribution in [3.05, 3.63) is 65.2 Å². The van der Waals surface area contributed by atoms with E-state index >= 15 is 0 Å².